The number of ether oxygens (including phenoxy) is 3. The van der Waals surface area contributed by atoms with Crippen LogP contribution in [0.4, 0.5) is 4.79 Å². The van der Waals surface area contributed by atoms with Gasteiger partial charge in [-0.2, -0.15) is 0 Å². The van der Waals surface area contributed by atoms with E-state index in [1.54, 1.807) is 20.8 Å². The molecular weight excluding hydrogens is 446 g/mol. The van der Waals surface area contributed by atoms with Gasteiger partial charge in [0, 0.05) is 13.5 Å². The number of hydrogen-bond donors (Lipinski definition) is 0. The molecule has 0 aliphatic carbocycles. The fourth-order valence-electron chi connectivity index (χ4n) is 3.36. The van der Waals surface area contributed by atoms with Crippen molar-refractivity contribution in [1.82, 2.24) is 4.90 Å². The summed E-state index contributed by atoms with van der Waals surface area (Å²) in [5.74, 6) is -1.23. The third-order valence-electron chi connectivity index (χ3n) is 5.12. The zero-order valence-corrected chi connectivity index (χ0v) is 21.5. The van der Waals surface area contributed by atoms with Crippen LogP contribution in [0.3, 0.4) is 0 Å². The molecule has 0 saturated carbocycles. The fourth-order valence-corrected chi connectivity index (χ4v) is 3.36. The maximum absolute atomic E-state index is 13.3. The van der Waals surface area contributed by atoms with Crippen molar-refractivity contribution in [3.63, 3.8) is 0 Å². The van der Waals surface area contributed by atoms with Crippen molar-refractivity contribution >= 4 is 18.0 Å². The van der Waals surface area contributed by atoms with E-state index in [0.29, 0.717) is 6.42 Å². The van der Waals surface area contributed by atoms with Crippen LogP contribution >= 0.6 is 0 Å². The van der Waals surface area contributed by atoms with Crippen molar-refractivity contribution in [2.75, 3.05) is 7.05 Å². The van der Waals surface area contributed by atoms with Gasteiger partial charge in [-0.15, -0.1) is 0 Å². The van der Waals surface area contributed by atoms with Crippen molar-refractivity contribution in [1.29, 1.82) is 0 Å². The van der Waals surface area contributed by atoms with Crippen molar-refractivity contribution in [3.8, 4) is 0 Å². The second kappa shape index (κ2) is 12.9. The third-order valence-corrected chi connectivity index (χ3v) is 5.12. The zero-order valence-electron chi connectivity index (χ0n) is 21.5. The SMILES string of the molecule is CC(C)C[C@@H](C(=O)O[C@H](Cc1ccccc1)C(=O)OCc1ccccc1)N(C)C(=O)OC(C)(C)C. The van der Waals surface area contributed by atoms with E-state index in [9.17, 15) is 14.4 Å². The number of rotatable bonds is 10. The van der Waals surface area contributed by atoms with Gasteiger partial charge in [-0.05, 0) is 44.2 Å². The monoisotopic (exact) mass is 483 g/mol. The van der Waals surface area contributed by atoms with Gasteiger partial charge in [0.2, 0.25) is 6.10 Å². The van der Waals surface area contributed by atoms with Crippen LogP contribution in [0.1, 0.15) is 52.2 Å². The van der Waals surface area contributed by atoms with Crippen LogP contribution < -0.4 is 0 Å². The molecule has 1 amide bonds. The summed E-state index contributed by atoms with van der Waals surface area (Å²) in [5.41, 5.74) is 0.935. The molecule has 0 heterocycles. The van der Waals surface area contributed by atoms with Crippen LogP contribution in [-0.4, -0.2) is 47.7 Å². The van der Waals surface area contributed by atoms with E-state index in [2.05, 4.69) is 0 Å². The summed E-state index contributed by atoms with van der Waals surface area (Å²) in [6.07, 6.45) is -1.28. The average molecular weight is 484 g/mol. The number of amides is 1. The van der Waals surface area contributed by atoms with E-state index in [1.807, 2.05) is 74.5 Å². The molecule has 2 aromatic rings. The van der Waals surface area contributed by atoms with Crippen LogP contribution in [-0.2, 0) is 36.8 Å². The summed E-state index contributed by atoms with van der Waals surface area (Å²) in [5, 5.41) is 0. The number of carbonyl (C=O) groups is 3. The zero-order chi connectivity index (χ0) is 26.0. The van der Waals surface area contributed by atoms with Crippen LogP contribution in [0.5, 0.6) is 0 Å². The van der Waals surface area contributed by atoms with Gasteiger partial charge in [-0.1, -0.05) is 74.5 Å². The van der Waals surface area contributed by atoms with E-state index in [0.717, 1.165) is 11.1 Å². The minimum atomic E-state index is -1.16. The molecule has 2 aromatic carbocycles. The maximum atomic E-state index is 13.3. The average Bonchev–Trinajstić information content (AvgIpc) is 2.80. The first-order valence-corrected chi connectivity index (χ1v) is 11.9. The number of carbonyl (C=O) groups excluding carboxylic acids is 3. The lowest BCUT2D eigenvalue weighted by Gasteiger charge is -2.31. The predicted octanol–water partition coefficient (Wildman–Crippen LogP) is 5.17. The van der Waals surface area contributed by atoms with Crippen LogP contribution in [0.25, 0.3) is 0 Å². The van der Waals surface area contributed by atoms with Crippen molar-refractivity contribution < 1.29 is 28.6 Å². The molecule has 0 spiro atoms. The van der Waals surface area contributed by atoms with Crippen LogP contribution in [0.2, 0.25) is 0 Å². The molecule has 190 valence electrons. The predicted molar refractivity (Wildman–Crippen MR) is 134 cm³/mol. The molecule has 0 radical (unpaired) electrons. The molecule has 35 heavy (non-hydrogen) atoms. The smallest absolute Gasteiger partial charge is 0.410 e. The Labute approximate surface area is 208 Å². The molecule has 2 rings (SSSR count). The van der Waals surface area contributed by atoms with Crippen LogP contribution in [0.15, 0.2) is 60.7 Å². The Morgan fingerprint density at radius 1 is 0.857 bits per heavy atom. The van der Waals surface area contributed by atoms with Gasteiger partial charge in [-0.25, -0.2) is 14.4 Å². The Balaban J connectivity index is 2.20. The minimum Gasteiger partial charge on any atom is -0.458 e. The molecule has 0 N–H and O–H groups in total. The van der Waals surface area contributed by atoms with Crippen molar-refractivity contribution in [2.24, 2.45) is 5.92 Å². The normalized spacial score (nSPS) is 13.0. The van der Waals surface area contributed by atoms with Crippen molar-refractivity contribution in [2.45, 2.75) is 71.8 Å². The second-order valence-electron chi connectivity index (χ2n) is 9.95. The Morgan fingerprint density at radius 2 is 1.40 bits per heavy atom. The Hall–Kier alpha value is -3.35. The molecule has 2 atom stereocenters. The highest BCUT2D eigenvalue weighted by molar-refractivity contribution is 5.84. The van der Waals surface area contributed by atoms with Gasteiger partial charge < -0.3 is 14.2 Å². The molecule has 0 unspecified atom stereocenters. The summed E-state index contributed by atoms with van der Waals surface area (Å²) >= 11 is 0. The van der Waals surface area contributed by atoms with Gasteiger partial charge in [0.15, 0.2) is 0 Å². The first kappa shape index (κ1) is 27.9. The molecule has 0 bridgehead atoms. The quantitative estimate of drug-likeness (QED) is 0.343. The Morgan fingerprint density at radius 3 is 1.91 bits per heavy atom. The molecule has 0 saturated heterocycles. The number of benzene rings is 2. The van der Waals surface area contributed by atoms with E-state index in [-0.39, 0.29) is 18.9 Å². The summed E-state index contributed by atoms with van der Waals surface area (Å²) in [6, 6.07) is 17.6. The lowest BCUT2D eigenvalue weighted by molar-refractivity contribution is -0.171. The second-order valence-corrected chi connectivity index (χ2v) is 9.95. The molecule has 7 heteroatoms. The van der Waals surface area contributed by atoms with E-state index in [1.165, 1.54) is 11.9 Å². The number of hydrogen-bond acceptors (Lipinski definition) is 6. The minimum absolute atomic E-state index is 0.0652. The summed E-state index contributed by atoms with van der Waals surface area (Å²) in [4.78, 5) is 40.2. The van der Waals surface area contributed by atoms with Gasteiger partial charge >= 0.3 is 18.0 Å². The lowest BCUT2D eigenvalue weighted by atomic mass is 10.0. The van der Waals surface area contributed by atoms with Gasteiger partial charge in [-0.3, -0.25) is 4.90 Å². The first-order chi connectivity index (χ1) is 16.5. The Bertz CT molecular complexity index is 952. The molecule has 0 aliphatic rings. The van der Waals surface area contributed by atoms with Gasteiger partial charge in [0.25, 0.3) is 0 Å². The van der Waals surface area contributed by atoms with Gasteiger partial charge in [0.05, 0.1) is 0 Å². The maximum Gasteiger partial charge on any atom is 0.410 e. The highest BCUT2D eigenvalue weighted by Gasteiger charge is 2.35. The number of nitrogens with zero attached hydrogens (tertiary/aromatic N) is 1. The fraction of sp³-hybridized carbons (Fsp3) is 0.464. The number of esters is 2. The summed E-state index contributed by atoms with van der Waals surface area (Å²) in [7, 11) is 1.50. The van der Waals surface area contributed by atoms with Crippen LogP contribution in [0, 0.1) is 5.92 Å². The molecule has 0 fully saturated rings. The molecular formula is C28H37NO6. The van der Waals surface area contributed by atoms with E-state index < -0.39 is 35.8 Å². The number of likely N-dealkylation sites (N-methyl/N-ethyl adjacent to an activating group) is 1. The summed E-state index contributed by atoms with van der Waals surface area (Å²) in [6.45, 7) is 9.22. The van der Waals surface area contributed by atoms with Crippen molar-refractivity contribution in [3.05, 3.63) is 71.8 Å². The standard InChI is InChI=1S/C28H37NO6/c1-20(2)17-23(29(6)27(32)35-28(3,4)5)25(30)34-24(18-21-13-9-7-10-14-21)26(31)33-19-22-15-11-8-12-16-22/h7-16,20,23-24H,17-19H2,1-6H3/t23-,24+/m0/s1. The highest BCUT2D eigenvalue weighted by Crippen LogP contribution is 2.19. The van der Waals surface area contributed by atoms with E-state index >= 15 is 0 Å². The van der Waals surface area contributed by atoms with Gasteiger partial charge in [0.1, 0.15) is 18.2 Å². The Kier molecular flexibility index (Phi) is 10.3. The third kappa shape index (κ3) is 9.81. The topological polar surface area (TPSA) is 82.1 Å². The van der Waals surface area contributed by atoms with E-state index in [4.69, 9.17) is 14.2 Å². The lowest BCUT2D eigenvalue weighted by Crippen LogP contribution is -2.47. The largest absolute Gasteiger partial charge is 0.458 e. The highest BCUT2D eigenvalue weighted by atomic mass is 16.6. The first-order valence-electron chi connectivity index (χ1n) is 11.9. The molecule has 0 aromatic heterocycles. The molecule has 7 nitrogen and oxygen atoms in total. The molecule has 0 aliphatic heterocycles. The summed E-state index contributed by atoms with van der Waals surface area (Å²) < 4.78 is 16.6.